The van der Waals surface area contributed by atoms with Gasteiger partial charge in [0.15, 0.2) is 6.33 Å². The van der Waals surface area contributed by atoms with Gasteiger partial charge in [0.1, 0.15) is 6.54 Å². The Morgan fingerprint density at radius 1 is 1.03 bits per heavy atom. The maximum absolute atomic E-state index is 12.0. The second-order valence-electron chi connectivity index (χ2n) is 7.37. The van der Waals surface area contributed by atoms with Gasteiger partial charge in [0, 0.05) is 25.0 Å². The number of para-hydroxylation sites is 1. The fraction of sp³-hybridized carbons (Fsp3) is 0.286. The van der Waals surface area contributed by atoms with Gasteiger partial charge in [-0.1, -0.05) is 23.4 Å². The molecule has 4 aromatic rings. The smallest absolute Gasteiger partial charge is 0.276 e. The van der Waals surface area contributed by atoms with Crippen molar-refractivity contribution in [1.82, 2.24) is 24.9 Å². The van der Waals surface area contributed by atoms with E-state index in [1.54, 1.807) is 18.3 Å². The molecule has 1 aliphatic carbocycles. The first kappa shape index (κ1) is 17.5. The van der Waals surface area contributed by atoms with Crippen molar-refractivity contribution >= 4 is 16.6 Å². The van der Waals surface area contributed by atoms with Crippen molar-refractivity contribution < 1.29 is 4.52 Å². The summed E-state index contributed by atoms with van der Waals surface area (Å²) in [7, 11) is 0. The molecule has 1 saturated carbocycles. The standard InChI is InChI=1S/C11H13N.C10H7N5O2/c1-2-4-11(5-3-1)12-7-9-6-10(9)8-12;16-10-7-2-1-3-11-8(7)4-13-15(10)5-9-12-6-14-17-9/h1-5,9-10H,6-8H2;1-4,6H,5H2/t9-,10+;. The van der Waals surface area contributed by atoms with Gasteiger partial charge >= 0.3 is 0 Å². The topological polar surface area (TPSA) is 89.9 Å². The molecule has 1 saturated heterocycles. The van der Waals surface area contributed by atoms with Gasteiger partial charge in [-0.15, -0.1) is 0 Å². The summed E-state index contributed by atoms with van der Waals surface area (Å²) >= 11 is 0. The molecule has 2 fully saturated rings. The number of hydrogen-bond acceptors (Lipinski definition) is 7. The quantitative estimate of drug-likeness (QED) is 0.532. The minimum atomic E-state index is -0.228. The van der Waals surface area contributed by atoms with Crippen LogP contribution in [0, 0.1) is 11.8 Å². The SMILES string of the molecule is O=c1c2cccnc2cnn1Cc1ncno1.c1ccc(N2C[C@H]3C[C@H]3C2)cc1. The van der Waals surface area contributed by atoms with Gasteiger partial charge in [0.05, 0.1) is 17.1 Å². The molecular weight excluding hydrogens is 368 g/mol. The third-order valence-corrected chi connectivity index (χ3v) is 5.41. The van der Waals surface area contributed by atoms with Gasteiger partial charge in [0.25, 0.3) is 5.56 Å². The summed E-state index contributed by atoms with van der Waals surface area (Å²) in [5.74, 6) is 2.40. The fourth-order valence-electron chi connectivity index (χ4n) is 3.77. The largest absolute Gasteiger partial charge is 0.371 e. The van der Waals surface area contributed by atoms with E-state index >= 15 is 0 Å². The second-order valence-corrected chi connectivity index (χ2v) is 7.37. The molecule has 2 aliphatic rings. The van der Waals surface area contributed by atoms with E-state index in [1.807, 2.05) is 0 Å². The highest BCUT2D eigenvalue weighted by atomic mass is 16.5. The number of aromatic nitrogens is 5. The summed E-state index contributed by atoms with van der Waals surface area (Å²) in [6, 6.07) is 14.2. The molecule has 6 rings (SSSR count). The van der Waals surface area contributed by atoms with E-state index < -0.39 is 0 Å². The Hall–Kier alpha value is -3.55. The lowest BCUT2D eigenvalue weighted by Gasteiger charge is -2.19. The lowest BCUT2D eigenvalue weighted by atomic mass is 10.3. The number of pyridine rings is 1. The molecule has 3 aromatic heterocycles. The highest BCUT2D eigenvalue weighted by Gasteiger charge is 2.44. The van der Waals surface area contributed by atoms with Crippen LogP contribution in [0.1, 0.15) is 12.3 Å². The van der Waals surface area contributed by atoms with Crippen molar-refractivity contribution in [2.45, 2.75) is 13.0 Å². The minimum absolute atomic E-state index is 0.156. The van der Waals surface area contributed by atoms with Gasteiger partial charge < -0.3 is 9.42 Å². The Morgan fingerprint density at radius 2 is 1.86 bits per heavy atom. The number of nitrogens with zero attached hydrogens (tertiary/aromatic N) is 6. The maximum atomic E-state index is 12.0. The molecule has 1 aromatic carbocycles. The molecule has 29 heavy (non-hydrogen) atoms. The number of piperidine rings is 1. The van der Waals surface area contributed by atoms with E-state index in [9.17, 15) is 4.79 Å². The number of rotatable bonds is 3. The molecule has 0 unspecified atom stereocenters. The normalized spacial score (nSPS) is 19.5. The Labute approximate surface area is 166 Å². The molecule has 0 amide bonds. The van der Waals surface area contributed by atoms with Crippen molar-refractivity contribution in [2.24, 2.45) is 11.8 Å². The van der Waals surface area contributed by atoms with E-state index in [2.05, 4.69) is 55.5 Å². The summed E-state index contributed by atoms with van der Waals surface area (Å²) in [6.07, 6.45) is 5.92. The van der Waals surface area contributed by atoms with Crippen LogP contribution in [-0.4, -0.2) is 38.0 Å². The zero-order valence-corrected chi connectivity index (χ0v) is 15.8. The molecule has 0 bridgehead atoms. The van der Waals surface area contributed by atoms with Crippen LogP contribution >= 0.6 is 0 Å². The lowest BCUT2D eigenvalue weighted by molar-refractivity contribution is 0.362. The van der Waals surface area contributed by atoms with Crippen LogP contribution in [0.3, 0.4) is 0 Å². The molecule has 0 spiro atoms. The van der Waals surface area contributed by atoms with E-state index in [1.165, 1.54) is 42.4 Å². The van der Waals surface area contributed by atoms with E-state index in [4.69, 9.17) is 4.52 Å². The lowest BCUT2D eigenvalue weighted by Crippen LogP contribution is -2.23. The van der Waals surface area contributed by atoms with Crippen molar-refractivity contribution in [1.29, 1.82) is 0 Å². The number of fused-ring (bicyclic) bond motifs is 2. The third kappa shape index (κ3) is 3.73. The molecule has 1 aliphatic heterocycles. The molecule has 8 heteroatoms. The van der Waals surface area contributed by atoms with Crippen LogP contribution in [0.15, 0.2) is 70.5 Å². The molecule has 2 atom stereocenters. The Balaban J connectivity index is 0.000000132. The van der Waals surface area contributed by atoms with Crippen molar-refractivity contribution in [2.75, 3.05) is 18.0 Å². The maximum Gasteiger partial charge on any atom is 0.276 e. The predicted molar refractivity (Wildman–Crippen MR) is 107 cm³/mol. The van der Waals surface area contributed by atoms with Gasteiger partial charge in [-0.25, -0.2) is 4.68 Å². The molecule has 146 valence electrons. The molecule has 0 N–H and O–H groups in total. The van der Waals surface area contributed by atoms with Gasteiger partial charge in [-0.2, -0.15) is 10.1 Å². The summed E-state index contributed by atoms with van der Waals surface area (Å²) < 4.78 is 6.09. The van der Waals surface area contributed by atoms with Gasteiger partial charge in [0.2, 0.25) is 5.89 Å². The minimum Gasteiger partial charge on any atom is -0.371 e. The molecule has 0 radical (unpaired) electrons. The van der Waals surface area contributed by atoms with Crippen molar-refractivity contribution in [3.05, 3.63) is 77.4 Å². The van der Waals surface area contributed by atoms with Crippen LogP contribution in [0.4, 0.5) is 5.69 Å². The first-order valence-electron chi connectivity index (χ1n) is 9.64. The summed E-state index contributed by atoms with van der Waals surface area (Å²) in [4.78, 5) is 22.4. The van der Waals surface area contributed by atoms with Crippen LogP contribution in [0.25, 0.3) is 10.9 Å². The number of hydrogen-bond donors (Lipinski definition) is 0. The highest BCUT2D eigenvalue weighted by molar-refractivity contribution is 5.75. The molecule has 4 heterocycles. The average molecular weight is 388 g/mol. The number of benzene rings is 1. The highest BCUT2D eigenvalue weighted by Crippen LogP contribution is 2.46. The van der Waals surface area contributed by atoms with E-state index in [0.717, 1.165) is 11.8 Å². The Morgan fingerprint density at radius 3 is 2.62 bits per heavy atom. The van der Waals surface area contributed by atoms with Crippen LogP contribution in [-0.2, 0) is 6.54 Å². The van der Waals surface area contributed by atoms with E-state index in [0.29, 0.717) is 16.8 Å². The Bertz CT molecular complexity index is 1150. The predicted octanol–water partition coefficient (Wildman–Crippen LogP) is 2.37. The van der Waals surface area contributed by atoms with E-state index in [-0.39, 0.29) is 12.1 Å². The van der Waals surface area contributed by atoms with Gasteiger partial charge in [-0.3, -0.25) is 9.78 Å². The van der Waals surface area contributed by atoms with Crippen molar-refractivity contribution in [3.63, 3.8) is 0 Å². The zero-order valence-electron chi connectivity index (χ0n) is 15.8. The van der Waals surface area contributed by atoms with Crippen molar-refractivity contribution in [3.8, 4) is 0 Å². The van der Waals surface area contributed by atoms with Crippen LogP contribution in [0.2, 0.25) is 0 Å². The Kier molecular flexibility index (Phi) is 4.51. The van der Waals surface area contributed by atoms with Crippen LogP contribution < -0.4 is 10.5 Å². The third-order valence-electron chi connectivity index (χ3n) is 5.41. The first-order chi connectivity index (χ1) is 14.3. The van der Waals surface area contributed by atoms with Gasteiger partial charge in [-0.05, 0) is 42.5 Å². The summed E-state index contributed by atoms with van der Waals surface area (Å²) in [6.45, 7) is 2.76. The van der Waals surface area contributed by atoms with Crippen LogP contribution in [0.5, 0.6) is 0 Å². The average Bonchev–Trinajstić information content (AvgIpc) is 3.15. The number of anilines is 1. The zero-order chi connectivity index (χ0) is 19.6. The molecular formula is C21H20N6O2. The summed E-state index contributed by atoms with van der Waals surface area (Å²) in [5.41, 5.74) is 1.75. The first-order valence-corrected chi connectivity index (χ1v) is 9.64. The fourth-order valence-corrected chi connectivity index (χ4v) is 3.77. The monoisotopic (exact) mass is 388 g/mol. The summed E-state index contributed by atoms with van der Waals surface area (Å²) in [5, 5.41) is 7.98. The molecule has 8 nitrogen and oxygen atoms in total. The second kappa shape index (κ2) is 7.46.